The molecule has 76 valence electrons. The average Bonchev–Trinajstić information content (AvgIpc) is 2.21. The van der Waals surface area contributed by atoms with E-state index >= 15 is 0 Å². The zero-order valence-corrected chi connectivity index (χ0v) is 11.7. The number of nitrogens with zero attached hydrogens (tertiary/aromatic N) is 2. The van der Waals surface area contributed by atoms with E-state index in [9.17, 15) is 0 Å². The van der Waals surface area contributed by atoms with Crippen LogP contribution in [0.4, 0.5) is 0 Å². The van der Waals surface area contributed by atoms with E-state index in [1.54, 1.807) is 6.08 Å². The van der Waals surface area contributed by atoms with E-state index < -0.39 is 0 Å². The van der Waals surface area contributed by atoms with Crippen LogP contribution in [-0.2, 0) is 0 Å². The summed E-state index contributed by atoms with van der Waals surface area (Å²) in [5.41, 5.74) is 1.16. The van der Waals surface area contributed by atoms with Gasteiger partial charge in [-0.3, -0.25) is 0 Å². The summed E-state index contributed by atoms with van der Waals surface area (Å²) in [6, 6.07) is 0. The van der Waals surface area contributed by atoms with Crippen LogP contribution in [0, 0.1) is 0 Å². The van der Waals surface area contributed by atoms with Crippen molar-refractivity contribution in [3.8, 4) is 0 Å². The third kappa shape index (κ3) is 7.20. The second-order valence-electron chi connectivity index (χ2n) is 1.78. The summed E-state index contributed by atoms with van der Waals surface area (Å²) in [7, 11) is 0. The Bertz CT molecular complexity index is 169. The summed E-state index contributed by atoms with van der Waals surface area (Å²) in [6.45, 7) is 13.2. The monoisotopic (exact) mass is 312 g/mol. The van der Waals surface area contributed by atoms with Crippen LogP contribution in [0.15, 0.2) is 29.5 Å². The van der Waals surface area contributed by atoms with Crippen LogP contribution >= 0.6 is 28.4 Å². The third-order valence-corrected chi connectivity index (χ3v) is 3.13. The van der Waals surface area contributed by atoms with Gasteiger partial charge in [0.15, 0.2) is 0 Å². The Kier molecular flexibility index (Phi) is 14.5. The molecular weight excluding hydrogens is 294 g/mol. The van der Waals surface area contributed by atoms with E-state index in [2.05, 4.69) is 47.4 Å². The van der Waals surface area contributed by atoms with Crippen molar-refractivity contribution in [2.75, 3.05) is 0 Å². The lowest BCUT2D eigenvalue weighted by Crippen LogP contribution is -2.02. The van der Waals surface area contributed by atoms with Gasteiger partial charge in [-0.05, 0) is 34.5 Å². The number of hydrogen-bond acceptors (Lipinski definition) is 2. The summed E-state index contributed by atoms with van der Waals surface area (Å²) in [5, 5.41) is 3.87. The van der Waals surface area contributed by atoms with Crippen molar-refractivity contribution in [2.45, 2.75) is 27.2 Å². The van der Waals surface area contributed by atoms with E-state index in [1.165, 1.54) is 0 Å². The van der Waals surface area contributed by atoms with Crippen LogP contribution in [0.3, 0.4) is 0 Å². The lowest BCUT2D eigenvalue weighted by atomic mass is 10.3. The Hall–Kier alpha value is 0.110. The minimum absolute atomic E-state index is 0.604. The first kappa shape index (κ1) is 15.6. The van der Waals surface area contributed by atoms with Crippen molar-refractivity contribution in [2.24, 2.45) is 5.10 Å². The fourth-order valence-electron chi connectivity index (χ4n) is 0.646. The fourth-order valence-corrected chi connectivity index (χ4v) is 2.43. The lowest BCUT2D eigenvalue weighted by molar-refractivity contribution is 0.597. The van der Waals surface area contributed by atoms with Crippen LogP contribution in [-0.4, -0.2) is 11.5 Å². The quantitative estimate of drug-likeness (QED) is 0.242. The van der Waals surface area contributed by atoms with Gasteiger partial charge in [0.25, 0.3) is 0 Å². The number of allylic oxidation sites excluding steroid dienone is 3. The molecule has 0 fully saturated rings. The van der Waals surface area contributed by atoms with Crippen LogP contribution in [0.2, 0.25) is 0 Å². The lowest BCUT2D eigenvalue weighted by Gasteiger charge is -2.16. The predicted molar refractivity (Wildman–Crippen MR) is 73.6 cm³/mol. The van der Waals surface area contributed by atoms with Gasteiger partial charge in [-0.25, -0.2) is 4.78 Å². The summed E-state index contributed by atoms with van der Waals surface area (Å²) in [6.07, 6.45) is 5.29. The molecule has 2 nitrogen and oxygen atoms in total. The van der Waals surface area contributed by atoms with Gasteiger partial charge in [-0.15, -0.1) is 0 Å². The molecule has 0 rings (SSSR count). The maximum Gasteiger partial charge on any atom is 0.0680 e. The minimum Gasteiger partial charge on any atom is -0.243 e. The molecule has 0 aliphatic heterocycles. The summed E-state index contributed by atoms with van der Waals surface area (Å²) < 4.78 is 1.88. The molecule has 13 heavy (non-hydrogen) atoms. The minimum atomic E-state index is 0.604. The molecule has 0 radical (unpaired) electrons. The van der Waals surface area contributed by atoms with Crippen molar-refractivity contribution in [1.29, 1.82) is 0 Å². The van der Waals surface area contributed by atoms with Gasteiger partial charge in [0, 0.05) is 12.4 Å². The topological polar surface area (TPSA) is 15.6 Å². The molecule has 0 aliphatic carbocycles. The first-order chi connectivity index (χ1) is 6.29. The van der Waals surface area contributed by atoms with Crippen LogP contribution in [0.5, 0.6) is 0 Å². The second kappa shape index (κ2) is 12.1. The normalized spacial score (nSPS) is 10.6. The first-order valence-corrected chi connectivity index (χ1v) is 8.30. The Morgan fingerprint density at radius 3 is 2.38 bits per heavy atom. The molecule has 0 spiro atoms. The van der Waals surface area contributed by atoms with Crippen molar-refractivity contribution in [1.82, 2.24) is 4.78 Å². The highest BCUT2D eigenvalue weighted by molar-refractivity contribution is 14.2. The average molecular weight is 312 g/mol. The molecule has 0 aromatic heterocycles. The van der Waals surface area contributed by atoms with E-state index in [0.717, 1.165) is 12.1 Å². The number of rotatable bonds is 5. The Morgan fingerprint density at radius 1 is 1.62 bits per heavy atom. The van der Waals surface area contributed by atoms with Crippen molar-refractivity contribution < 1.29 is 0 Å². The summed E-state index contributed by atoms with van der Waals surface area (Å²) >= 11 is 2.27. The van der Waals surface area contributed by atoms with Gasteiger partial charge in [-0.2, -0.15) is 5.10 Å². The molecule has 0 aromatic carbocycles. The molecule has 0 amide bonds. The van der Waals surface area contributed by atoms with Crippen LogP contribution < -0.4 is 0 Å². The van der Waals surface area contributed by atoms with Crippen molar-refractivity contribution in [3.05, 3.63) is 24.4 Å². The first-order valence-electron chi connectivity index (χ1n) is 4.24. The number of hydrazone groups is 1. The predicted octanol–water partition coefficient (Wildman–Crippen LogP) is 4.35. The van der Waals surface area contributed by atoms with Gasteiger partial charge in [0.2, 0.25) is 0 Å². The van der Waals surface area contributed by atoms with Crippen molar-refractivity contribution in [3.63, 3.8) is 0 Å². The molecule has 0 N–H and O–H groups in total. The van der Waals surface area contributed by atoms with E-state index in [1.807, 2.05) is 24.7 Å². The van der Waals surface area contributed by atoms with E-state index in [0.29, 0.717) is 6.37 Å². The Morgan fingerprint density at radius 2 is 2.15 bits per heavy atom. The van der Waals surface area contributed by atoms with Gasteiger partial charge < -0.3 is 0 Å². The molecule has 0 aliphatic rings. The highest BCUT2D eigenvalue weighted by atomic mass is 127. The number of hydrogen-bond donors (Lipinski definition) is 0. The fraction of sp³-hybridized carbons (Fsp3) is 0.444. The van der Waals surface area contributed by atoms with Crippen molar-refractivity contribution >= 4 is 35.1 Å². The Balaban J connectivity index is 0. The smallest absolute Gasteiger partial charge is 0.0680 e. The van der Waals surface area contributed by atoms with Gasteiger partial charge in [0.05, 0.1) is 6.37 Å². The zero-order valence-electron chi connectivity index (χ0n) is 8.55. The summed E-state index contributed by atoms with van der Waals surface area (Å²) in [5.74, 6) is 0. The SMILES string of the molecule is C=C/C=C(\CC)N(N=C)PI.CC. The largest absolute Gasteiger partial charge is 0.243 e. The highest BCUT2D eigenvalue weighted by Gasteiger charge is 2.01. The van der Waals surface area contributed by atoms with Gasteiger partial charge in [0.1, 0.15) is 0 Å². The second-order valence-corrected chi connectivity index (χ2v) is 3.82. The molecule has 0 aromatic rings. The van der Waals surface area contributed by atoms with Gasteiger partial charge >= 0.3 is 0 Å². The van der Waals surface area contributed by atoms with E-state index in [-0.39, 0.29) is 0 Å². The van der Waals surface area contributed by atoms with Crippen LogP contribution in [0.1, 0.15) is 27.2 Å². The molecule has 4 heteroatoms. The molecular formula is C9H18IN2P. The maximum absolute atomic E-state index is 3.87. The molecule has 1 unspecified atom stereocenters. The molecule has 1 atom stereocenters. The molecule has 0 bridgehead atoms. The molecule has 0 saturated heterocycles. The number of halogens is 1. The van der Waals surface area contributed by atoms with Crippen LogP contribution in [0.25, 0.3) is 0 Å². The molecule has 0 heterocycles. The van der Waals surface area contributed by atoms with Gasteiger partial charge in [-0.1, -0.05) is 33.4 Å². The molecule has 0 saturated carbocycles. The van der Waals surface area contributed by atoms with E-state index in [4.69, 9.17) is 0 Å². The third-order valence-electron chi connectivity index (χ3n) is 1.17. The maximum atomic E-state index is 3.87. The zero-order chi connectivity index (χ0) is 10.7. The standard InChI is InChI=1S/C7H12IN2P.C2H6/c1-4-6-7(5-2)10(9-3)11-8;1-2/h4,6,11H,1,3,5H2,2H3;1-2H3/b7-6+;. The highest BCUT2D eigenvalue weighted by Crippen LogP contribution is 2.32. The Labute approximate surface area is 96.5 Å². The summed E-state index contributed by atoms with van der Waals surface area (Å²) in [4.78, 5) is 0.